The average molecular weight is 632 g/mol. The first kappa shape index (κ1) is 36.6. The molecule has 3 rings (SSSR count). The lowest BCUT2D eigenvalue weighted by Gasteiger charge is -2.30. The maximum atomic E-state index is 13.2. The van der Waals surface area contributed by atoms with E-state index in [4.69, 9.17) is 14.2 Å². The highest BCUT2D eigenvalue weighted by molar-refractivity contribution is 5.79. The summed E-state index contributed by atoms with van der Waals surface area (Å²) in [5, 5.41) is 3.24. The number of methoxy groups -OCH3 is 2. The molecule has 0 saturated heterocycles. The van der Waals surface area contributed by atoms with Crippen molar-refractivity contribution >= 4 is 11.7 Å². The predicted molar refractivity (Wildman–Crippen MR) is 185 cm³/mol. The van der Waals surface area contributed by atoms with Crippen LogP contribution in [0.1, 0.15) is 93.9 Å². The lowest BCUT2D eigenvalue weighted by molar-refractivity contribution is -0.903. The Balaban J connectivity index is 1.43. The molecule has 7 heteroatoms. The monoisotopic (exact) mass is 631 g/mol. The third-order valence-corrected chi connectivity index (χ3v) is 8.44. The number of ether oxygens (including phenoxy) is 3. The molecule has 0 heterocycles. The van der Waals surface area contributed by atoms with E-state index in [1.165, 1.54) is 44.2 Å². The summed E-state index contributed by atoms with van der Waals surface area (Å²) in [6.45, 7) is 4.15. The smallest absolute Gasteiger partial charge is 0.220 e. The van der Waals surface area contributed by atoms with E-state index >= 15 is 0 Å². The van der Waals surface area contributed by atoms with Gasteiger partial charge in [-0.3, -0.25) is 9.59 Å². The number of hydrogen-bond acceptors (Lipinski definition) is 5. The van der Waals surface area contributed by atoms with Gasteiger partial charge >= 0.3 is 0 Å². The molecule has 7 nitrogen and oxygen atoms in total. The molecule has 0 radical (unpaired) electrons. The number of amides is 1. The fourth-order valence-electron chi connectivity index (χ4n) is 5.70. The first-order chi connectivity index (χ1) is 22.2. The van der Waals surface area contributed by atoms with Crippen LogP contribution in [0, 0.1) is 0 Å². The molecule has 0 spiro atoms. The summed E-state index contributed by atoms with van der Waals surface area (Å²) in [6.07, 6.45) is 10.3. The van der Waals surface area contributed by atoms with Crippen molar-refractivity contribution in [3.8, 4) is 17.2 Å². The molecule has 0 aromatic heterocycles. The minimum atomic E-state index is -0.407. The van der Waals surface area contributed by atoms with Crippen LogP contribution in [0.2, 0.25) is 0 Å². The van der Waals surface area contributed by atoms with Gasteiger partial charge in [0.2, 0.25) is 5.91 Å². The van der Waals surface area contributed by atoms with Gasteiger partial charge in [0.1, 0.15) is 30.4 Å². The molecule has 3 aromatic carbocycles. The van der Waals surface area contributed by atoms with Gasteiger partial charge in [-0.15, -0.1) is 0 Å². The molecule has 1 atom stereocenters. The van der Waals surface area contributed by atoms with Crippen LogP contribution >= 0.6 is 0 Å². The quantitative estimate of drug-likeness (QED) is 0.0897. The molecule has 250 valence electrons. The number of Topliss-reactive ketones (excluding diaryl/α,β-unsaturated/α-hetero) is 1. The van der Waals surface area contributed by atoms with Crippen molar-refractivity contribution in [2.75, 3.05) is 41.5 Å². The molecule has 1 amide bonds. The zero-order valence-electron chi connectivity index (χ0n) is 28.7. The highest BCUT2D eigenvalue weighted by Gasteiger charge is 2.21. The molecular formula is C39H55N2O5+. The van der Waals surface area contributed by atoms with E-state index in [0.29, 0.717) is 30.1 Å². The molecule has 0 saturated carbocycles. The van der Waals surface area contributed by atoms with E-state index in [1.807, 2.05) is 49.4 Å². The van der Waals surface area contributed by atoms with Gasteiger partial charge in [-0.05, 0) is 49.1 Å². The molecule has 1 N–H and O–H groups in total. The minimum Gasteiger partial charge on any atom is -0.497 e. The standard InChI is InChI=1S/C39H54N2O5/c1-6-33(42)30-46-34-23-21-32(22-24-34)39(36-26-25-35(44-4)28-37(36)45-5)40-38(43)20-16-11-9-7-8-10-12-17-27-41(2,3)29-31-18-14-13-15-19-31/h13-15,18-19,21-26,28,39H,6-12,16-17,20,27,29-30H2,1-5H3/p+1. The summed E-state index contributed by atoms with van der Waals surface area (Å²) in [7, 11) is 7.88. The lowest BCUT2D eigenvalue weighted by Crippen LogP contribution is -2.39. The van der Waals surface area contributed by atoms with Crippen molar-refractivity contribution in [1.29, 1.82) is 0 Å². The number of carbonyl (C=O) groups excluding carboxylic acids is 2. The largest absolute Gasteiger partial charge is 0.497 e. The van der Waals surface area contributed by atoms with Gasteiger partial charge in [0, 0.05) is 30.0 Å². The Hall–Kier alpha value is -3.84. The third kappa shape index (κ3) is 12.9. The highest BCUT2D eigenvalue weighted by Crippen LogP contribution is 2.34. The van der Waals surface area contributed by atoms with Crippen molar-refractivity contribution in [3.63, 3.8) is 0 Å². The minimum absolute atomic E-state index is 0.00739. The maximum absolute atomic E-state index is 13.2. The van der Waals surface area contributed by atoms with Gasteiger partial charge in [0.05, 0.1) is 40.9 Å². The second kappa shape index (κ2) is 19.6. The van der Waals surface area contributed by atoms with Crippen LogP contribution in [-0.2, 0) is 16.1 Å². The first-order valence-corrected chi connectivity index (χ1v) is 16.9. The van der Waals surface area contributed by atoms with Crippen LogP contribution in [0.3, 0.4) is 0 Å². The number of nitrogens with one attached hydrogen (secondary N) is 1. The molecular weight excluding hydrogens is 576 g/mol. The van der Waals surface area contributed by atoms with Gasteiger partial charge < -0.3 is 24.0 Å². The van der Waals surface area contributed by atoms with Crippen LogP contribution in [-0.4, -0.2) is 57.6 Å². The van der Waals surface area contributed by atoms with Crippen LogP contribution in [0.5, 0.6) is 17.2 Å². The van der Waals surface area contributed by atoms with Crippen LogP contribution in [0.15, 0.2) is 72.8 Å². The summed E-state index contributed by atoms with van der Waals surface area (Å²) < 4.78 is 17.7. The zero-order chi connectivity index (χ0) is 33.2. The second-order valence-electron chi connectivity index (χ2n) is 12.7. The Labute approximate surface area is 276 Å². The van der Waals surface area contributed by atoms with Crippen molar-refractivity contribution in [3.05, 3.63) is 89.5 Å². The molecule has 0 bridgehead atoms. The van der Waals surface area contributed by atoms with Crippen LogP contribution in [0.4, 0.5) is 0 Å². The Morgan fingerprint density at radius 3 is 2.02 bits per heavy atom. The van der Waals surface area contributed by atoms with Gasteiger partial charge in [0.25, 0.3) is 0 Å². The van der Waals surface area contributed by atoms with E-state index in [0.717, 1.165) is 41.4 Å². The zero-order valence-corrected chi connectivity index (χ0v) is 28.7. The van der Waals surface area contributed by atoms with Crippen molar-refractivity contribution in [2.24, 2.45) is 0 Å². The highest BCUT2D eigenvalue weighted by atomic mass is 16.5. The van der Waals surface area contributed by atoms with E-state index in [-0.39, 0.29) is 18.3 Å². The normalized spacial score (nSPS) is 11.9. The maximum Gasteiger partial charge on any atom is 0.220 e. The van der Waals surface area contributed by atoms with Gasteiger partial charge in [0.15, 0.2) is 5.78 Å². The fourth-order valence-corrected chi connectivity index (χ4v) is 5.70. The Morgan fingerprint density at radius 1 is 0.761 bits per heavy atom. The number of benzene rings is 3. The van der Waals surface area contributed by atoms with E-state index in [1.54, 1.807) is 14.2 Å². The first-order valence-electron chi connectivity index (χ1n) is 16.9. The van der Waals surface area contributed by atoms with E-state index in [2.05, 4.69) is 49.7 Å². The molecule has 0 fully saturated rings. The fraction of sp³-hybridized carbons (Fsp3) is 0.487. The summed E-state index contributed by atoms with van der Waals surface area (Å²) in [5.74, 6) is 1.99. The molecule has 3 aromatic rings. The summed E-state index contributed by atoms with van der Waals surface area (Å²) >= 11 is 0. The van der Waals surface area contributed by atoms with E-state index < -0.39 is 6.04 Å². The SMILES string of the molecule is CCC(=O)COc1ccc(C(NC(=O)CCCCCCCCCC[N+](C)(C)Cc2ccccc2)c2ccc(OC)cc2OC)cc1. The molecule has 1 unspecified atom stereocenters. The van der Waals surface area contributed by atoms with Gasteiger partial charge in [-0.25, -0.2) is 0 Å². The number of quaternary nitrogens is 1. The Kier molecular flexibility index (Phi) is 15.6. The summed E-state index contributed by atoms with van der Waals surface area (Å²) in [4.78, 5) is 24.8. The number of nitrogens with zero attached hydrogens (tertiary/aromatic N) is 1. The predicted octanol–water partition coefficient (Wildman–Crippen LogP) is 8.05. The second-order valence-corrected chi connectivity index (χ2v) is 12.7. The van der Waals surface area contributed by atoms with Gasteiger partial charge in [-0.1, -0.05) is 81.5 Å². The van der Waals surface area contributed by atoms with Gasteiger partial charge in [-0.2, -0.15) is 0 Å². The van der Waals surface area contributed by atoms with Crippen molar-refractivity contribution in [2.45, 2.75) is 83.7 Å². The summed E-state index contributed by atoms with van der Waals surface area (Å²) in [5.41, 5.74) is 3.14. The average Bonchev–Trinajstić information content (AvgIpc) is 3.07. The molecule has 46 heavy (non-hydrogen) atoms. The number of carbonyl (C=O) groups is 2. The van der Waals surface area contributed by atoms with Crippen LogP contribution in [0.25, 0.3) is 0 Å². The molecule has 0 aliphatic carbocycles. The third-order valence-electron chi connectivity index (χ3n) is 8.44. The number of unbranched alkanes of at least 4 members (excludes halogenated alkanes) is 7. The number of rotatable bonds is 22. The Morgan fingerprint density at radius 2 is 1.39 bits per heavy atom. The van der Waals surface area contributed by atoms with E-state index in [9.17, 15) is 9.59 Å². The molecule has 0 aliphatic rings. The Bertz CT molecular complexity index is 1320. The van der Waals surface area contributed by atoms with Crippen LogP contribution < -0.4 is 19.5 Å². The number of hydrogen-bond donors (Lipinski definition) is 1. The number of ketones is 1. The van der Waals surface area contributed by atoms with Crippen molar-refractivity contribution in [1.82, 2.24) is 5.32 Å². The summed E-state index contributed by atoms with van der Waals surface area (Å²) in [6, 6.07) is 23.5. The lowest BCUT2D eigenvalue weighted by atomic mass is 9.97. The van der Waals surface area contributed by atoms with Crippen molar-refractivity contribution < 1.29 is 28.3 Å². The molecule has 0 aliphatic heterocycles. The topological polar surface area (TPSA) is 73.9 Å².